The highest BCUT2D eigenvalue weighted by molar-refractivity contribution is 6.84. The number of nitrogens with two attached hydrogens (primary N) is 1. The summed E-state index contributed by atoms with van der Waals surface area (Å²) in [6, 6.07) is 7.93. The van der Waals surface area contributed by atoms with Crippen molar-refractivity contribution in [3.63, 3.8) is 0 Å². The van der Waals surface area contributed by atoms with Crippen molar-refractivity contribution in [2.45, 2.75) is 13.1 Å². The van der Waals surface area contributed by atoms with Crippen LogP contribution in [0.2, 0.25) is 13.1 Å². The van der Waals surface area contributed by atoms with Crippen LogP contribution in [0.25, 0.3) is 0 Å². The van der Waals surface area contributed by atoms with Crippen LogP contribution < -0.4 is 10.9 Å². The van der Waals surface area contributed by atoms with E-state index in [0.29, 0.717) is 0 Å². The molecule has 66 valence electrons. The molecule has 0 atom stereocenters. The summed E-state index contributed by atoms with van der Waals surface area (Å²) in [7, 11) is 0.135. The van der Waals surface area contributed by atoms with Gasteiger partial charge in [-0.1, -0.05) is 12.1 Å². The molecule has 0 saturated heterocycles. The highest BCUT2D eigenvalue weighted by Crippen LogP contribution is 2.05. The van der Waals surface area contributed by atoms with E-state index in [2.05, 4.69) is 13.1 Å². The lowest BCUT2D eigenvalue weighted by Gasteiger charge is -2.20. The van der Waals surface area contributed by atoms with Crippen LogP contribution >= 0.6 is 0 Å². The molecule has 0 bridgehead atoms. The van der Waals surface area contributed by atoms with Gasteiger partial charge in [-0.25, -0.2) is 0 Å². The van der Waals surface area contributed by atoms with Crippen LogP contribution in [0.4, 0.5) is 5.69 Å². The zero-order valence-corrected chi connectivity index (χ0v) is 8.79. The molecule has 0 unspecified atom stereocenters. The van der Waals surface area contributed by atoms with Crippen molar-refractivity contribution in [3.8, 4) is 0 Å². The second-order valence-corrected chi connectivity index (χ2v) is 7.34. The van der Waals surface area contributed by atoms with Crippen molar-refractivity contribution in [1.29, 1.82) is 0 Å². The van der Waals surface area contributed by atoms with Crippen molar-refractivity contribution in [2.24, 2.45) is 0 Å². The molecular weight excluding hydrogens is 166 g/mol. The number of rotatable bonds is 2. The van der Waals surface area contributed by atoms with Gasteiger partial charge in [0, 0.05) is 12.8 Å². The summed E-state index contributed by atoms with van der Waals surface area (Å²) in [6.45, 7) is 4.33. The molecule has 1 aromatic rings. The summed E-state index contributed by atoms with van der Waals surface area (Å²) in [4.78, 5) is 0. The molecule has 0 aliphatic carbocycles. The standard InChI is InChI=1S/C9H15NOSi/c1-11-12(2,3)9-6-4-8(10)5-7-9/h4-7H,10H2,1-3H3. The minimum absolute atomic E-state index is 0.805. The fourth-order valence-corrected chi connectivity index (χ4v) is 2.21. The molecule has 0 aliphatic rings. The Morgan fingerprint density at radius 2 is 1.67 bits per heavy atom. The van der Waals surface area contributed by atoms with E-state index < -0.39 is 8.32 Å². The summed E-state index contributed by atoms with van der Waals surface area (Å²) in [6.07, 6.45) is 0. The minimum Gasteiger partial charge on any atom is -0.416 e. The summed E-state index contributed by atoms with van der Waals surface area (Å²) in [5, 5.41) is 1.28. The van der Waals surface area contributed by atoms with Crippen LogP contribution in [-0.4, -0.2) is 15.4 Å². The Kier molecular flexibility index (Phi) is 2.54. The first-order valence-electron chi connectivity index (χ1n) is 3.97. The molecule has 0 spiro atoms. The first-order valence-corrected chi connectivity index (χ1v) is 6.88. The second-order valence-electron chi connectivity index (χ2n) is 3.34. The van der Waals surface area contributed by atoms with Gasteiger partial charge < -0.3 is 10.2 Å². The Morgan fingerprint density at radius 3 is 2.08 bits per heavy atom. The lowest BCUT2D eigenvalue weighted by Crippen LogP contribution is -2.43. The van der Waals surface area contributed by atoms with E-state index in [0.717, 1.165) is 5.69 Å². The van der Waals surface area contributed by atoms with Gasteiger partial charge >= 0.3 is 0 Å². The predicted octanol–water partition coefficient (Wildman–Crippen LogP) is 1.33. The molecule has 0 fully saturated rings. The van der Waals surface area contributed by atoms with Gasteiger partial charge in [-0.15, -0.1) is 0 Å². The van der Waals surface area contributed by atoms with Crippen LogP contribution in [0.3, 0.4) is 0 Å². The van der Waals surface area contributed by atoms with Gasteiger partial charge in [0.1, 0.15) is 0 Å². The third kappa shape index (κ3) is 1.87. The first kappa shape index (κ1) is 9.29. The molecular formula is C9H15NOSi. The SMILES string of the molecule is CO[Si](C)(C)c1ccc(N)cc1. The van der Waals surface area contributed by atoms with Gasteiger partial charge in [0.2, 0.25) is 8.32 Å². The van der Waals surface area contributed by atoms with E-state index in [1.165, 1.54) is 5.19 Å². The molecule has 0 radical (unpaired) electrons. The van der Waals surface area contributed by atoms with Crippen molar-refractivity contribution < 1.29 is 4.43 Å². The summed E-state index contributed by atoms with van der Waals surface area (Å²) < 4.78 is 5.46. The second kappa shape index (κ2) is 3.29. The Morgan fingerprint density at radius 1 is 1.17 bits per heavy atom. The first-order chi connectivity index (χ1) is 5.56. The van der Waals surface area contributed by atoms with Crippen LogP contribution in [0, 0.1) is 0 Å². The molecule has 0 heterocycles. The summed E-state index contributed by atoms with van der Waals surface area (Å²) in [5.74, 6) is 0. The molecule has 2 N–H and O–H groups in total. The quantitative estimate of drug-likeness (QED) is 0.552. The normalized spacial score (nSPS) is 11.6. The van der Waals surface area contributed by atoms with E-state index in [1.807, 2.05) is 24.3 Å². The largest absolute Gasteiger partial charge is 0.416 e. The lowest BCUT2D eigenvalue weighted by molar-refractivity contribution is 0.416. The van der Waals surface area contributed by atoms with Crippen molar-refractivity contribution in [2.75, 3.05) is 12.8 Å². The Hall–Kier alpha value is -0.803. The maximum absolute atomic E-state index is 5.59. The highest BCUT2D eigenvalue weighted by Gasteiger charge is 2.22. The van der Waals surface area contributed by atoms with E-state index in [-0.39, 0.29) is 0 Å². The van der Waals surface area contributed by atoms with Gasteiger partial charge in [0.05, 0.1) is 0 Å². The topological polar surface area (TPSA) is 35.2 Å². The van der Waals surface area contributed by atoms with E-state index in [1.54, 1.807) is 7.11 Å². The third-order valence-electron chi connectivity index (χ3n) is 2.12. The van der Waals surface area contributed by atoms with Crippen LogP contribution in [-0.2, 0) is 4.43 Å². The number of anilines is 1. The smallest absolute Gasteiger partial charge is 0.217 e. The molecule has 0 aromatic heterocycles. The molecule has 1 rings (SSSR count). The summed E-state index contributed by atoms with van der Waals surface area (Å²) >= 11 is 0. The predicted molar refractivity (Wildman–Crippen MR) is 55.0 cm³/mol. The fraction of sp³-hybridized carbons (Fsp3) is 0.333. The summed E-state index contributed by atoms with van der Waals surface area (Å²) in [5.41, 5.74) is 6.39. The highest BCUT2D eigenvalue weighted by atomic mass is 28.4. The molecule has 12 heavy (non-hydrogen) atoms. The molecule has 0 amide bonds. The third-order valence-corrected chi connectivity index (χ3v) is 4.86. The van der Waals surface area contributed by atoms with Crippen molar-refractivity contribution in [1.82, 2.24) is 0 Å². The molecule has 0 saturated carbocycles. The number of nitrogen functional groups attached to an aromatic ring is 1. The van der Waals surface area contributed by atoms with E-state index in [9.17, 15) is 0 Å². The maximum Gasteiger partial charge on any atom is 0.217 e. The molecule has 2 nitrogen and oxygen atoms in total. The van der Waals surface area contributed by atoms with Gasteiger partial charge in [-0.3, -0.25) is 0 Å². The van der Waals surface area contributed by atoms with Gasteiger partial charge in [0.25, 0.3) is 0 Å². The van der Waals surface area contributed by atoms with Gasteiger partial charge in [0.15, 0.2) is 0 Å². The van der Waals surface area contributed by atoms with Gasteiger partial charge in [-0.05, 0) is 30.4 Å². The maximum atomic E-state index is 5.59. The Bertz CT molecular complexity index is 256. The average molecular weight is 181 g/mol. The number of hydrogen-bond acceptors (Lipinski definition) is 2. The molecule has 0 aliphatic heterocycles. The average Bonchev–Trinajstić information content (AvgIpc) is 2.05. The van der Waals surface area contributed by atoms with E-state index in [4.69, 9.17) is 10.2 Å². The van der Waals surface area contributed by atoms with Crippen molar-refractivity contribution >= 4 is 19.2 Å². The van der Waals surface area contributed by atoms with E-state index >= 15 is 0 Å². The fourth-order valence-electron chi connectivity index (χ4n) is 1.00. The molecule has 3 heteroatoms. The van der Waals surface area contributed by atoms with Crippen LogP contribution in [0.15, 0.2) is 24.3 Å². The monoisotopic (exact) mass is 181 g/mol. The number of hydrogen-bond donors (Lipinski definition) is 1. The van der Waals surface area contributed by atoms with Crippen molar-refractivity contribution in [3.05, 3.63) is 24.3 Å². The lowest BCUT2D eigenvalue weighted by atomic mass is 10.3. The van der Waals surface area contributed by atoms with Gasteiger partial charge in [-0.2, -0.15) is 0 Å². The molecule has 1 aromatic carbocycles. The zero-order chi connectivity index (χ0) is 9.19. The number of benzene rings is 1. The minimum atomic E-state index is -1.63. The Labute approximate surface area is 74.5 Å². The zero-order valence-electron chi connectivity index (χ0n) is 7.79. The van der Waals surface area contributed by atoms with Crippen LogP contribution in [0.1, 0.15) is 0 Å². The van der Waals surface area contributed by atoms with Crippen LogP contribution in [0.5, 0.6) is 0 Å². The Balaban J connectivity index is 2.96.